The maximum absolute atomic E-state index is 4.63. The third-order valence-electron chi connectivity index (χ3n) is 4.15. The van der Waals surface area contributed by atoms with Crippen molar-refractivity contribution in [2.24, 2.45) is 0 Å². The first-order valence-corrected chi connectivity index (χ1v) is 7.39. The molecule has 0 aliphatic carbocycles. The molecule has 0 aliphatic heterocycles. The zero-order valence-corrected chi connectivity index (χ0v) is 13.3. The van der Waals surface area contributed by atoms with Crippen LogP contribution in [0.2, 0.25) is 0 Å². The summed E-state index contributed by atoms with van der Waals surface area (Å²) < 4.78 is 0. The number of nitrogens with zero attached hydrogens (tertiary/aromatic N) is 2. The van der Waals surface area contributed by atoms with E-state index in [0.717, 1.165) is 25.1 Å². The van der Waals surface area contributed by atoms with Crippen molar-refractivity contribution in [1.82, 2.24) is 10.3 Å². The lowest BCUT2D eigenvalue weighted by molar-refractivity contribution is 0.470. The highest BCUT2D eigenvalue weighted by atomic mass is 15.2. The van der Waals surface area contributed by atoms with Crippen molar-refractivity contribution < 1.29 is 0 Å². The van der Waals surface area contributed by atoms with E-state index in [1.807, 2.05) is 6.20 Å². The van der Waals surface area contributed by atoms with Crippen LogP contribution in [0.4, 0.5) is 5.69 Å². The van der Waals surface area contributed by atoms with E-state index in [4.69, 9.17) is 0 Å². The Bertz CT molecular complexity index is 370. The van der Waals surface area contributed by atoms with Gasteiger partial charge in [-0.25, -0.2) is 0 Å². The van der Waals surface area contributed by atoms with Crippen LogP contribution in [0.25, 0.3) is 0 Å². The van der Waals surface area contributed by atoms with Gasteiger partial charge in [-0.3, -0.25) is 4.98 Å². The fourth-order valence-corrected chi connectivity index (χ4v) is 2.09. The summed E-state index contributed by atoms with van der Waals surface area (Å²) in [6.45, 7) is 12.0. The van der Waals surface area contributed by atoms with E-state index in [-0.39, 0.29) is 5.54 Å². The van der Waals surface area contributed by atoms with Gasteiger partial charge in [0.25, 0.3) is 0 Å². The Hall–Kier alpha value is -1.09. The highest BCUT2D eigenvalue weighted by Gasteiger charge is 2.21. The minimum Gasteiger partial charge on any atom is -0.368 e. The van der Waals surface area contributed by atoms with Crippen molar-refractivity contribution in [2.45, 2.75) is 59.0 Å². The van der Waals surface area contributed by atoms with Gasteiger partial charge in [-0.05, 0) is 45.4 Å². The Morgan fingerprint density at radius 3 is 2.37 bits per heavy atom. The molecule has 0 saturated carbocycles. The summed E-state index contributed by atoms with van der Waals surface area (Å²) in [6, 6.07) is 4.69. The van der Waals surface area contributed by atoms with Gasteiger partial charge in [0.15, 0.2) is 0 Å². The molecule has 0 bridgehead atoms. The first-order valence-electron chi connectivity index (χ1n) is 7.39. The summed E-state index contributed by atoms with van der Waals surface area (Å²) in [5.41, 5.74) is 2.48. The molecule has 0 fully saturated rings. The second-order valence-corrected chi connectivity index (χ2v) is 5.68. The average molecular weight is 263 g/mol. The molecule has 0 aromatic carbocycles. The van der Waals surface area contributed by atoms with Crippen molar-refractivity contribution in [3.05, 3.63) is 24.0 Å². The molecule has 0 spiro atoms. The third-order valence-corrected chi connectivity index (χ3v) is 4.15. The molecule has 1 atom stereocenters. The zero-order valence-electron chi connectivity index (χ0n) is 13.3. The predicted molar refractivity (Wildman–Crippen MR) is 83.7 cm³/mol. The van der Waals surface area contributed by atoms with Crippen LogP contribution in [0.3, 0.4) is 0 Å². The van der Waals surface area contributed by atoms with Crippen molar-refractivity contribution in [1.29, 1.82) is 0 Å². The summed E-state index contributed by atoms with van der Waals surface area (Å²) in [4.78, 5) is 6.94. The first-order chi connectivity index (χ1) is 8.96. The van der Waals surface area contributed by atoms with Crippen LogP contribution in [-0.2, 0) is 0 Å². The number of rotatable bonds is 7. The highest BCUT2D eigenvalue weighted by Crippen LogP contribution is 2.25. The van der Waals surface area contributed by atoms with Gasteiger partial charge >= 0.3 is 0 Å². The lowest BCUT2D eigenvalue weighted by atomic mass is 9.99. The van der Waals surface area contributed by atoms with Gasteiger partial charge in [-0.1, -0.05) is 20.8 Å². The molecule has 3 heteroatoms. The van der Waals surface area contributed by atoms with E-state index in [9.17, 15) is 0 Å². The Morgan fingerprint density at radius 1 is 1.26 bits per heavy atom. The topological polar surface area (TPSA) is 28.2 Å². The van der Waals surface area contributed by atoms with E-state index in [1.54, 1.807) is 0 Å². The molecule has 1 unspecified atom stereocenters. The van der Waals surface area contributed by atoms with Crippen LogP contribution in [-0.4, -0.2) is 24.1 Å². The van der Waals surface area contributed by atoms with Crippen molar-refractivity contribution >= 4 is 5.69 Å². The summed E-state index contributed by atoms with van der Waals surface area (Å²) in [7, 11) is 2.14. The van der Waals surface area contributed by atoms with Crippen LogP contribution in [0.1, 0.15) is 59.2 Å². The Morgan fingerprint density at radius 2 is 1.95 bits per heavy atom. The fourth-order valence-electron chi connectivity index (χ4n) is 2.09. The molecule has 1 aromatic rings. The normalized spacial score (nSPS) is 13.4. The van der Waals surface area contributed by atoms with Gasteiger partial charge in [-0.2, -0.15) is 0 Å². The van der Waals surface area contributed by atoms with Gasteiger partial charge in [0.1, 0.15) is 0 Å². The lowest BCUT2D eigenvalue weighted by Gasteiger charge is -2.36. The number of anilines is 1. The van der Waals surface area contributed by atoms with Crippen molar-refractivity contribution in [3.8, 4) is 0 Å². The van der Waals surface area contributed by atoms with Crippen LogP contribution in [0.15, 0.2) is 18.3 Å². The molecule has 3 nitrogen and oxygen atoms in total. The number of aromatic nitrogens is 1. The maximum atomic E-state index is 4.63. The van der Waals surface area contributed by atoms with E-state index in [0.29, 0.717) is 6.04 Å². The van der Waals surface area contributed by atoms with Crippen LogP contribution in [0, 0.1) is 0 Å². The maximum Gasteiger partial charge on any atom is 0.0574 e. The highest BCUT2D eigenvalue weighted by molar-refractivity contribution is 5.46. The smallest absolute Gasteiger partial charge is 0.0574 e. The Balaban J connectivity index is 2.87. The SMILES string of the molecule is CCNC(CC)c1ccc(N(C)C(C)(C)CC)cn1. The second-order valence-electron chi connectivity index (χ2n) is 5.68. The molecular weight excluding hydrogens is 234 g/mol. The van der Waals surface area contributed by atoms with Gasteiger partial charge in [-0.15, -0.1) is 0 Å². The molecule has 1 aromatic heterocycles. The van der Waals surface area contributed by atoms with Crippen molar-refractivity contribution in [3.63, 3.8) is 0 Å². The van der Waals surface area contributed by atoms with E-state index in [1.165, 1.54) is 5.69 Å². The third kappa shape index (κ3) is 3.93. The zero-order chi connectivity index (χ0) is 14.5. The van der Waals surface area contributed by atoms with E-state index < -0.39 is 0 Å². The molecule has 1 rings (SSSR count). The lowest BCUT2D eigenvalue weighted by Crippen LogP contribution is -2.40. The monoisotopic (exact) mass is 263 g/mol. The molecular formula is C16H29N3. The van der Waals surface area contributed by atoms with Gasteiger partial charge in [0.2, 0.25) is 0 Å². The van der Waals surface area contributed by atoms with Gasteiger partial charge in [0.05, 0.1) is 17.6 Å². The fraction of sp³-hybridized carbons (Fsp3) is 0.688. The minimum absolute atomic E-state index is 0.162. The molecule has 19 heavy (non-hydrogen) atoms. The molecule has 0 radical (unpaired) electrons. The first kappa shape index (κ1) is 16.0. The van der Waals surface area contributed by atoms with Crippen LogP contribution in [0.5, 0.6) is 0 Å². The minimum atomic E-state index is 0.162. The molecule has 1 N–H and O–H groups in total. The summed E-state index contributed by atoms with van der Waals surface area (Å²) in [5.74, 6) is 0. The average Bonchev–Trinajstić information content (AvgIpc) is 2.44. The summed E-state index contributed by atoms with van der Waals surface area (Å²) >= 11 is 0. The van der Waals surface area contributed by atoms with E-state index in [2.05, 4.69) is 69.0 Å². The number of hydrogen-bond acceptors (Lipinski definition) is 3. The molecule has 1 heterocycles. The number of pyridine rings is 1. The van der Waals surface area contributed by atoms with E-state index >= 15 is 0 Å². The van der Waals surface area contributed by atoms with Crippen molar-refractivity contribution in [2.75, 3.05) is 18.5 Å². The van der Waals surface area contributed by atoms with Gasteiger partial charge < -0.3 is 10.2 Å². The predicted octanol–water partition coefficient (Wildman–Crippen LogP) is 3.77. The molecule has 108 valence electrons. The summed E-state index contributed by atoms with van der Waals surface area (Å²) in [5, 5.41) is 3.46. The second kappa shape index (κ2) is 6.90. The molecule has 0 amide bonds. The van der Waals surface area contributed by atoms with Crippen LogP contribution < -0.4 is 10.2 Å². The number of hydrogen-bond donors (Lipinski definition) is 1. The summed E-state index contributed by atoms with van der Waals surface area (Å²) in [6.07, 6.45) is 4.17. The molecule has 0 saturated heterocycles. The standard InChI is InChI=1S/C16H29N3/c1-7-14(17-9-3)15-11-10-13(12-18-15)19(6)16(4,5)8-2/h10-12,14,17H,7-9H2,1-6H3. The Labute approximate surface area is 118 Å². The largest absolute Gasteiger partial charge is 0.368 e. The molecule has 0 aliphatic rings. The Kier molecular flexibility index (Phi) is 5.80. The quantitative estimate of drug-likeness (QED) is 0.811. The number of nitrogens with one attached hydrogen (secondary N) is 1. The van der Waals surface area contributed by atoms with Gasteiger partial charge in [0, 0.05) is 18.6 Å². The van der Waals surface area contributed by atoms with Crippen LogP contribution >= 0.6 is 0 Å².